The molecule has 2 N–H and O–H groups in total. The minimum atomic E-state index is -0.837. The lowest BCUT2D eigenvalue weighted by Crippen LogP contribution is -2.30. The number of aromatic hydroxyl groups is 1. The molecule has 0 aliphatic heterocycles. The number of phenolic OH excluding ortho intramolecular Hbond substituents is 1. The number of rotatable bonds is 10. The van der Waals surface area contributed by atoms with Crippen LogP contribution in [0.4, 0.5) is 10.5 Å². The lowest BCUT2D eigenvalue weighted by atomic mass is 9.95. The highest BCUT2D eigenvalue weighted by molar-refractivity contribution is 9.10. The smallest absolute Gasteiger partial charge is 0.412 e. The SMILES string of the molecule is CCO[C@H](CCOC(=O)CS)[C@H](OC(=O)Nc1ccc(Br)cc1)c1ccc(O)c2ccccc12. The number of benzene rings is 3. The second kappa shape index (κ2) is 12.6. The van der Waals surface area contributed by atoms with Gasteiger partial charge >= 0.3 is 12.1 Å². The quantitative estimate of drug-likeness (QED) is 0.217. The summed E-state index contributed by atoms with van der Waals surface area (Å²) in [6, 6.07) is 17.7. The molecule has 0 aliphatic carbocycles. The lowest BCUT2D eigenvalue weighted by Gasteiger charge is -2.28. The molecule has 0 bridgehead atoms. The summed E-state index contributed by atoms with van der Waals surface area (Å²) in [5.41, 5.74) is 1.23. The fourth-order valence-electron chi connectivity index (χ4n) is 3.56. The van der Waals surface area contributed by atoms with Crippen molar-refractivity contribution in [3.63, 3.8) is 0 Å². The van der Waals surface area contributed by atoms with E-state index in [1.807, 2.05) is 25.1 Å². The second-order valence-electron chi connectivity index (χ2n) is 7.34. The molecule has 9 heteroatoms. The van der Waals surface area contributed by atoms with Crippen LogP contribution in [0.3, 0.4) is 0 Å². The molecule has 0 aromatic heterocycles. The molecule has 1 amide bonds. The monoisotopic (exact) mass is 547 g/mol. The topological polar surface area (TPSA) is 94.1 Å². The zero-order valence-electron chi connectivity index (χ0n) is 18.6. The molecule has 0 aliphatic rings. The van der Waals surface area contributed by atoms with Crippen molar-refractivity contribution in [3.05, 3.63) is 70.7 Å². The first-order valence-corrected chi connectivity index (χ1v) is 12.2. The third-order valence-electron chi connectivity index (χ3n) is 5.08. The highest BCUT2D eigenvalue weighted by Crippen LogP contribution is 2.36. The molecule has 0 saturated heterocycles. The number of esters is 1. The van der Waals surface area contributed by atoms with Crippen molar-refractivity contribution >= 4 is 57.1 Å². The Morgan fingerprint density at radius 2 is 1.76 bits per heavy atom. The van der Waals surface area contributed by atoms with Crippen LogP contribution in [-0.2, 0) is 19.0 Å². The summed E-state index contributed by atoms with van der Waals surface area (Å²) in [4.78, 5) is 24.4. The van der Waals surface area contributed by atoms with Gasteiger partial charge < -0.3 is 19.3 Å². The molecule has 7 nitrogen and oxygen atoms in total. The number of hydrogen-bond donors (Lipinski definition) is 3. The summed E-state index contributed by atoms with van der Waals surface area (Å²) < 4.78 is 17.9. The summed E-state index contributed by atoms with van der Waals surface area (Å²) >= 11 is 7.28. The Balaban J connectivity index is 1.93. The molecule has 0 spiro atoms. The highest BCUT2D eigenvalue weighted by Gasteiger charge is 2.30. The molecule has 0 unspecified atom stereocenters. The van der Waals surface area contributed by atoms with Crippen LogP contribution in [0.1, 0.15) is 25.0 Å². The molecule has 2 atom stereocenters. The third kappa shape index (κ3) is 6.88. The number of phenols is 1. The number of carbonyl (C=O) groups is 2. The number of nitrogens with one attached hydrogen (secondary N) is 1. The molecule has 180 valence electrons. The van der Waals surface area contributed by atoms with E-state index in [9.17, 15) is 14.7 Å². The maximum Gasteiger partial charge on any atom is 0.412 e. The van der Waals surface area contributed by atoms with Crippen LogP contribution in [0.2, 0.25) is 0 Å². The van der Waals surface area contributed by atoms with Gasteiger partial charge in [-0.1, -0.05) is 46.3 Å². The Bertz CT molecular complexity index is 1120. The van der Waals surface area contributed by atoms with Gasteiger partial charge in [-0.2, -0.15) is 12.6 Å². The molecule has 3 rings (SSSR count). The van der Waals surface area contributed by atoms with E-state index in [1.54, 1.807) is 42.5 Å². The van der Waals surface area contributed by atoms with Gasteiger partial charge in [0.05, 0.1) is 12.4 Å². The van der Waals surface area contributed by atoms with Crippen molar-refractivity contribution in [1.82, 2.24) is 0 Å². The van der Waals surface area contributed by atoms with Crippen LogP contribution in [0.15, 0.2) is 65.1 Å². The van der Waals surface area contributed by atoms with Gasteiger partial charge in [0.2, 0.25) is 0 Å². The number of thiol groups is 1. The highest BCUT2D eigenvalue weighted by atomic mass is 79.9. The Morgan fingerprint density at radius 3 is 2.44 bits per heavy atom. The van der Waals surface area contributed by atoms with Gasteiger partial charge in [-0.25, -0.2) is 4.79 Å². The average Bonchev–Trinajstić information content (AvgIpc) is 2.84. The molecule has 0 fully saturated rings. The number of anilines is 1. The number of amides is 1. The van der Waals surface area contributed by atoms with Crippen LogP contribution in [0.25, 0.3) is 10.8 Å². The Morgan fingerprint density at radius 1 is 1.06 bits per heavy atom. The molecule has 0 saturated carbocycles. The maximum atomic E-state index is 12.9. The molecule has 0 heterocycles. The fourth-order valence-corrected chi connectivity index (χ4v) is 3.92. The van der Waals surface area contributed by atoms with Gasteiger partial charge in [0.15, 0.2) is 6.10 Å². The molecule has 3 aromatic rings. The van der Waals surface area contributed by atoms with Gasteiger partial charge in [0, 0.05) is 34.1 Å². The average molecular weight is 548 g/mol. The van der Waals surface area contributed by atoms with Crippen LogP contribution in [0.5, 0.6) is 5.75 Å². The third-order valence-corrected chi connectivity index (χ3v) is 5.87. The zero-order chi connectivity index (χ0) is 24.5. The van der Waals surface area contributed by atoms with Crippen LogP contribution < -0.4 is 5.32 Å². The molecule has 0 radical (unpaired) electrons. The van der Waals surface area contributed by atoms with Crippen molar-refractivity contribution in [1.29, 1.82) is 0 Å². The molecular formula is C25H26BrNO6S. The van der Waals surface area contributed by atoms with Gasteiger partial charge in [-0.3, -0.25) is 10.1 Å². The van der Waals surface area contributed by atoms with Gasteiger partial charge in [-0.05, 0) is 42.6 Å². The Hall–Kier alpha value is -2.75. The van der Waals surface area contributed by atoms with E-state index in [0.717, 1.165) is 9.86 Å². The predicted octanol–water partition coefficient (Wildman–Crippen LogP) is 5.87. The summed E-state index contributed by atoms with van der Waals surface area (Å²) in [6.45, 7) is 2.27. The van der Waals surface area contributed by atoms with Crippen LogP contribution in [0, 0.1) is 0 Å². The molecular weight excluding hydrogens is 522 g/mol. The second-order valence-corrected chi connectivity index (χ2v) is 8.57. The van der Waals surface area contributed by atoms with Crippen molar-refractivity contribution in [3.8, 4) is 5.75 Å². The van der Waals surface area contributed by atoms with Gasteiger partial charge in [0.1, 0.15) is 11.9 Å². The minimum absolute atomic E-state index is 0.0303. The first kappa shape index (κ1) is 25.9. The summed E-state index contributed by atoms with van der Waals surface area (Å²) in [5, 5.41) is 14.4. The standard InChI is InChI=1S/C25H26BrNO6S/c1-2-31-22(13-14-32-23(29)15-34)24(33-25(30)27-17-9-7-16(26)8-10-17)20-11-12-21(28)19-6-4-3-5-18(19)20/h3-12,22,24,28,34H,2,13-15H2,1H3,(H,27,30)/t22-,24-/m1/s1. The minimum Gasteiger partial charge on any atom is -0.507 e. The molecule has 34 heavy (non-hydrogen) atoms. The maximum absolute atomic E-state index is 12.9. The summed E-state index contributed by atoms with van der Waals surface area (Å²) in [6.07, 6.45) is -1.82. The van der Waals surface area contributed by atoms with E-state index in [4.69, 9.17) is 14.2 Å². The Kier molecular flexibility index (Phi) is 9.62. The predicted molar refractivity (Wildman–Crippen MR) is 137 cm³/mol. The van der Waals surface area contributed by atoms with Crippen LogP contribution in [-0.4, -0.2) is 42.2 Å². The van der Waals surface area contributed by atoms with E-state index in [-0.39, 0.29) is 18.1 Å². The number of halogens is 1. The number of carbonyl (C=O) groups excluding carboxylic acids is 2. The van der Waals surface area contributed by atoms with Crippen LogP contribution >= 0.6 is 28.6 Å². The zero-order valence-corrected chi connectivity index (χ0v) is 21.1. The normalized spacial score (nSPS) is 12.7. The molecule has 3 aromatic carbocycles. The van der Waals surface area contributed by atoms with Crippen molar-refractivity contribution < 1.29 is 28.9 Å². The number of hydrogen-bond acceptors (Lipinski definition) is 7. The van der Waals surface area contributed by atoms with E-state index in [2.05, 4.69) is 33.9 Å². The van der Waals surface area contributed by atoms with Gasteiger partial charge in [-0.15, -0.1) is 0 Å². The lowest BCUT2D eigenvalue weighted by molar-refractivity contribution is -0.142. The largest absolute Gasteiger partial charge is 0.507 e. The van der Waals surface area contributed by atoms with E-state index < -0.39 is 24.3 Å². The number of ether oxygens (including phenoxy) is 3. The Labute approximate surface area is 211 Å². The van der Waals surface area contributed by atoms with E-state index >= 15 is 0 Å². The van der Waals surface area contributed by atoms with E-state index in [0.29, 0.717) is 29.7 Å². The first-order valence-electron chi connectivity index (χ1n) is 10.7. The summed E-state index contributed by atoms with van der Waals surface area (Å²) in [5.74, 6) is -0.357. The summed E-state index contributed by atoms with van der Waals surface area (Å²) in [7, 11) is 0. The van der Waals surface area contributed by atoms with Crippen molar-refractivity contribution in [2.24, 2.45) is 0 Å². The van der Waals surface area contributed by atoms with Crippen molar-refractivity contribution in [2.75, 3.05) is 24.3 Å². The van der Waals surface area contributed by atoms with Gasteiger partial charge in [0.25, 0.3) is 0 Å². The number of fused-ring (bicyclic) bond motifs is 1. The fraction of sp³-hybridized carbons (Fsp3) is 0.280. The van der Waals surface area contributed by atoms with Crippen molar-refractivity contribution in [2.45, 2.75) is 25.6 Å². The first-order chi connectivity index (χ1) is 16.4. The van der Waals surface area contributed by atoms with E-state index in [1.165, 1.54) is 0 Å².